The molecule has 3 heteroatoms. The summed E-state index contributed by atoms with van der Waals surface area (Å²) in [5.74, 6) is 0. The summed E-state index contributed by atoms with van der Waals surface area (Å²) in [6.07, 6.45) is 2.26. The fourth-order valence-corrected chi connectivity index (χ4v) is 1.90. The van der Waals surface area contributed by atoms with Gasteiger partial charge in [-0.3, -0.25) is 4.98 Å². The van der Waals surface area contributed by atoms with Crippen molar-refractivity contribution in [2.45, 2.75) is 25.7 Å². The maximum atomic E-state index is 9.51. The van der Waals surface area contributed by atoms with E-state index in [1.54, 1.807) is 6.08 Å². The Labute approximate surface area is 96.5 Å². The van der Waals surface area contributed by atoms with Crippen LogP contribution < -0.4 is 0 Å². The number of hydrogen-bond donors (Lipinski definition) is 2. The lowest BCUT2D eigenvalue weighted by atomic mass is 9.79. The number of aromatic nitrogens is 1. The van der Waals surface area contributed by atoms with Gasteiger partial charge in [0.1, 0.15) is 0 Å². The van der Waals surface area contributed by atoms with Gasteiger partial charge in [0.05, 0.1) is 13.2 Å². The number of pyridine rings is 1. The van der Waals surface area contributed by atoms with Crippen LogP contribution in [0.25, 0.3) is 0 Å². The third-order valence-electron chi connectivity index (χ3n) is 2.83. The van der Waals surface area contributed by atoms with Crippen molar-refractivity contribution in [1.29, 1.82) is 0 Å². The lowest BCUT2D eigenvalue weighted by molar-refractivity contribution is 0.118. The Morgan fingerprint density at radius 1 is 1.25 bits per heavy atom. The summed E-state index contributed by atoms with van der Waals surface area (Å²) in [6, 6.07) is 3.81. The second kappa shape index (κ2) is 5.23. The van der Waals surface area contributed by atoms with E-state index in [2.05, 4.69) is 11.6 Å². The van der Waals surface area contributed by atoms with E-state index in [4.69, 9.17) is 0 Å². The first-order valence-electron chi connectivity index (χ1n) is 5.36. The summed E-state index contributed by atoms with van der Waals surface area (Å²) in [4.78, 5) is 4.29. The molecule has 0 bridgehead atoms. The Morgan fingerprint density at radius 3 is 2.12 bits per heavy atom. The molecule has 0 aliphatic carbocycles. The first kappa shape index (κ1) is 12.9. The van der Waals surface area contributed by atoms with Crippen molar-refractivity contribution in [3.05, 3.63) is 41.7 Å². The number of hydrogen-bond acceptors (Lipinski definition) is 3. The van der Waals surface area contributed by atoms with Gasteiger partial charge < -0.3 is 10.2 Å². The lowest BCUT2D eigenvalue weighted by Crippen LogP contribution is -2.34. The Balaban J connectivity index is 3.24. The van der Waals surface area contributed by atoms with Gasteiger partial charge in [-0.05, 0) is 38.0 Å². The van der Waals surface area contributed by atoms with Crippen molar-refractivity contribution in [2.75, 3.05) is 13.2 Å². The maximum absolute atomic E-state index is 9.51. The van der Waals surface area contributed by atoms with Gasteiger partial charge in [-0.25, -0.2) is 0 Å². The Bertz CT molecular complexity index is 350. The van der Waals surface area contributed by atoms with Gasteiger partial charge >= 0.3 is 0 Å². The minimum absolute atomic E-state index is 0.0988. The summed E-state index contributed by atoms with van der Waals surface area (Å²) in [5, 5.41) is 19.0. The van der Waals surface area contributed by atoms with Crippen LogP contribution in [0.4, 0.5) is 0 Å². The molecule has 0 aliphatic heterocycles. The van der Waals surface area contributed by atoms with Crippen molar-refractivity contribution in [3.63, 3.8) is 0 Å². The van der Waals surface area contributed by atoms with Gasteiger partial charge in [0, 0.05) is 16.8 Å². The molecular weight excluding hydrogens is 202 g/mol. The molecule has 0 aliphatic rings. The quantitative estimate of drug-likeness (QED) is 0.741. The highest BCUT2D eigenvalue weighted by Crippen LogP contribution is 2.28. The standard InChI is InChI=1S/C13H19NO2/c1-4-5-13(8-15,9-16)12-6-10(2)14-11(3)7-12/h4,6-7,15-16H,1,5,8-9H2,2-3H3. The van der Waals surface area contributed by atoms with Crippen LogP contribution in [-0.2, 0) is 5.41 Å². The van der Waals surface area contributed by atoms with E-state index in [0.717, 1.165) is 17.0 Å². The zero-order valence-electron chi connectivity index (χ0n) is 9.90. The number of aliphatic hydroxyl groups excluding tert-OH is 2. The van der Waals surface area contributed by atoms with E-state index in [1.165, 1.54) is 0 Å². The average Bonchev–Trinajstić information content (AvgIpc) is 2.24. The largest absolute Gasteiger partial charge is 0.395 e. The van der Waals surface area contributed by atoms with Crippen LogP contribution in [0.2, 0.25) is 0 Å². The fraction of sp³-hybridized carbons (Fsp3) is 0.462. The first-order valence-corrected chi connectivity index (χ1v) is 5.36. The molecule has 16 heavy (non-hydrogen) atoms. The van der Waals surface area contributed by atoms with Gasteiger partial charge in [-0.1, -0.05) is 6.08 Å². The highest BCUT2D eigenvalue weighted by atomic mass is 16.3. The molecule has 1 rings (SSSR count). The summed E-state index contributed by atoms with van der Waals surface area (Å²) in [7, 11) is 0. The van der Waals surface area contributed by atoms with Crippen molar-refractivity contribution < 1.29 is 10.2 Å². The van der Waals surface area contributed by atoms with Crippen LogP contribution >= 0.6 is 0 Å². The van der Waals surface area contributed by atoms with Crippen molar-refractivity contribution in [1.82, 2.24) is 4.98 Å². The molecule has 88 valence electrons. The van der Waals surface area contributed by atoms with Crippen molar-refractivity contribution >= 4 is 0 Å². The molecule has 3 nitrogen and oxygen atoms in total. The van der Waals surface area contributed by atoms with E-state index in [1.807, 2.05) is 26.0 Å². The highest BCUT2D eigenvalue weighted by molar-refractivity contribution is 5.30. The number of nitrogens with zero attached hydrogens (tertiary/aromatic N) is 1. The minimum Gasteiger partial charge on any atom is -0.395 e. The van der Waals surface area contributed by atoms with Crippen LogP contribution in [0, 0.1) is 13.8 Å². The summed E-state index contributed by atoms with van der Waals surface area (Å²) < 4.78 is 0. The second-order valence-electron chi connectivity index (χ2n) is 4.23. The first-order chi connectivity index (χ1) is 7.57. The van der Waals surface area contributed by atoms with E-state index >= 15 is 0 Å². The normalized spacial score (nSPS) is 11.5. The lowest BCUT2D eigenvalue weighted by Gasteiger charge is -2.29. The zero-order valence-corrected chi connectivity index (χ0v) is 9.90. The maximum Gasteiger partial charge on any atom is 0.0553 e. The predicted molar refractivity (Wildman–Crippen MR) is 64.4 cm³/mol. The summed E-state index contributed by atoms with van der Waals surface area (Å²) in [6.45, 7) is 7.29. The number of allylic oxidation sites excluding steroid dienone is 1. The Kier molecular flexibility index (Phi) is 4.21. The van der Waals surface area contributed by atoms with Crippen LogP contribution in [0.15, 0.2) is 24.8 Å². The smallest absolute Gasteiger partial charge is 0.0553 e. The predicted octanol–water partition coefficient (Wildman–Crippen LogP) is 1.50. The van der Waals surface area contributed by atoms with Crippen LogP contribution in [0.3, 0.4) is 0 Å². The molecule has 0 amide bonds. The molecule has 1 aromatic heterocycles. The van der Waals surface area contributed by atoms with Crippen LogP contribution in [0.1, 0.15) is 23.4 Å². The average molecular weight is 221 g/mol. The van der Waals surface area contributed by atoms with Crippen LogP contribution in [-0.4, -0.2) is 28.4 Å². The van der Waals surface area contributed by atoms with E-state index in [0.29, 0.717) is 6.42 Å². The van der Waals surface area contributed by atoms with Crippen molar-refractivity contribution in [2.24, 2.45) is 0 Å². The van der Waals surface area contributed by atoms with E-state index in [-0.39, 0.29) is 13.2 Å². The van der Waals surface area contributed by atoms with Gasteiger partial charge in [-0.15, -0.1) is 6.58 Å². The monoisotopic (exact) mass is 221 g/mol. The summed E-state index contributed by atoms with van der Waals surface area (Å²) in [5.41, 5.74) is 2.07. The molecule has 0 atom stereocenters. The number of aryl methyl sites for hydroxylation is 2. The van der Waals surface area contributed by atoms with E-state index in [9.17, 15) is 10.2 Å². The molecular formula is C13H19NO2. The van der Waals surface area contributed by atoms with Crippen LogP contribution in [0.5, 0.6) is 0 Å². The molecule has 0 saturated carbocycles. The van der Waals surface area contributed by atoms with Gasteiger partial charge in [0.2, 0.25) is 0 Å². The Hall–Kier alpha value is -1.19. The molecule has 0 radical (unpaired) electrons. The molecule has 0 fully saturated rings. The highest BCUT2D eigenvalue weighted by Gasteiger charge is 2.30. The molecule has 2 N–H and O–H groups in total. The Morgan fingerprint density at radius 2 is 1.75 bits per heavy atom. The molecule has 0 unspecified atom stereocenters. The molecule has 0 spiro atoms. The second-order valence-corrected chi connectivity index (χ2v) is 4.23. The third kappa shape index (κ3) is 2.49. The van der Waals surface area contributed by atoms with Gasteiger partial charge in [0.15, 0.2) is 0 Å². The number of aliphatic hydroxyl groups is 2. The zero-order chi connectivity index (χ0) is 12.2. The molecule has 0 aromatic carbocycles. The number of rotatable bonds is 5. The molecule has 1 heterocycles. The van der Waals surface area contributed by atoms with Gasteiger partial charge in [-0.2, -0.15) is 0 Å². The minimum atomic E-state index is -0.639. The fourth-order valence-electron chi connectivity index (χ4n) is 1.90. The topological polar surface area (TPSA) is 53.4 Å². The molecule has 1 aromatic rings. The SMILES string of the molecule is C=CCC(CO)(CO)c1cc(C)nc(C)c1. The van der Waals surface area contributed by atoms with Gasteiger partial charge in [0.25, 0.3) is 0 Å². The van der Waals surface area contributed by atoms with E-state index < -0.39 is 5.41 Å². The third-order valence-corrected chi connectivity index (χ3v) is 2.83. The molecule has 0 saturated heterocycles. The summed E-state index contributed by atoms with van der Waals surface area (Å²) >= 11 is 0. The van der Waals surface area contributed by atoms with Crippen molar-refractivity contribution in [3.8, 4) is 0 Å².